The van der Waals surface area contributed by atoms with Crippen molar-refractivity contribution in [3.05, 3.63) is 18.2 Å². The van der Waals surface area contributed by atoms with Crippen LogP contribution < -0.4 is 5.32 Å². The minimum Gasteiger partial charge on any atom is -0.394 e. The van der Waals surface area contributed by atoms with Crippen LogP contribution in [0.1, 0.15) is 19.7 Å². The quantitative estimate of drug-likeness (QED) is 0.705. The second-order valence-electron chi connectivity index (χ2n) is 3.85. The molecule has 13 heavy (non-hydrogen) atoms. The van der Waals surface area contributed by atoms with E-state index < -0.39 is 0 Å². The van der Waals surface area contributed by atoms with Gasteiger partial charge in [-0.3, -0.25) is 0 Å². The van der Waals surface area contributed by atoms with E-state index in [-0.39, 0.29) is 12.1 Å². The fraction of sp³-hybridized carbons (Fsp3) is 0.667. The van der Waals surface area contributed by atoms with Crippen LogP contribution in [-0.4, -0.2) is 26.8 Å². The Kier molecular flexibility index (Phi) is 3.06. The maximum Gasteiger partial charge on any atom is 0.122 e. The van der Waals surface area contributed by atoms with Crippen molar-refractivity contribution in [1.29, 1.82) is 0 Å². The van der Waals surface area contributed by atoms with Crippen molar-refractivity contribution in [2.24, 2.45) is 7.05 Å². The summed E-state index contributed by atoms with van der Waals surface area (Å²) in [5.41, 5.74) is -0.244. The maximum atomic E-state index is 9.00. The lowest BCUT2D eigenvalue weighted by Crippen LogP contribution is -2.42. The first-order valence-corrected chi connectivity index (χ1v) is 4.37. The first-order valence-electron chi connectivity index (χ1n) is 4.37. The summed E-state index contributed by atoms with van der Waals surface area (Å²) in [6.07, 6.45) is 3.67. The summed E-state index contributed by atoms with van der Waals surface area (Å²) in [5, 5.41) is 12.2. The highest BCUT2D eigenvalue weighted by molar-refractivity contribution is 4.92. The number of hydrogen-bond acceptors (Lipinski definition) is 3. The fourth-order valence-corrected chi connectivity index (χ4v) is 0.941. The average molecular weight is 183 g/mol. The van der Waals surface area contributed by atoms with Crippen LogP contribution >= 0.6 is 0 Å². The van der Waals surface area contributed by atoms with Crippen LogP contribution in [0.15, 0.2) is 12.4 Å². The van der Waals surface area contributed by atoms with Gasteiger partial charge in [-0.05, 0) is 13.8 Å². The van der Waals surface area contributed by atoms with Crippen molar-refractivity contribution in [2.75, 3.05) is 6.61 Å². The van der Waals surface area contributed by atoms with E-state index >= 15 is 0 Å². The van der Waals surface area contributed by atoms with E-state index in [1.807, 2.05) is 31.7 Å². The molecule has 0 radical (unpaired) electrons. The third-order valence-corrected chi connectivity index (χ3v) is 2.04. The van der Waals surface area contributed by atoms with E-state index in [4.69, 9.17) is 5.11 Å². The highest BCUT2D eigenvalue weighted by Gasteiger charge is 2.15. The Balaban J connectivity index is 2.48. The summed E-state index contributed by atoms with van der Waals surface area (Å²) >= 11 is 0. The highest BCUT2D eigenvalue weighted by Crippen LogP contribution is 2.02. The van der Waals surface area contributed by atoms with E-state index in [9.17, 15) is 0 Å². The zero-order valence-electron chi connectivity index (χ0n) is 8.41. The number of nitrogens with zero attached hydrogens (tertiary/aromatic N) is 2. The molecule has 4 nitrogen and oxygen atoms in total. The molecule has 1 rings (SSSR count). The second kappa shape index (κ2) is 3.89. The number of rotatable bonds is 4. The molecule has 2 N–H and O–H groups in total. The van der Waals surface area contributed by atoms with Crippen LogP contribution in [0.2, 0.25) is 0 Å². The standard InChI is InChI=1S/C9H17N3O/c1-9(2,7-13)11-6-8-10-4-5-12(8)3/h4-5,11,13H,6-7H2,1-3H3. The second-order valence-corrected chi connectivity index (χ2v) is 3.85. The Labute approximate surface area is 78.6 Å². The van der Waals surface area contributed by atoms with Crippen LogP contribution in [0, 0.1) is 0 Å². The van der Waals surface area contributed by atoms with Crippen LogP contribution in [-0.2, 0) is 13.6 Å². The molecule has 0 amide bonds. The molecular weight excluding hydrogens is 166 g/mol. The van der Waals surface area contributed by atoms with Crippen LogP contribution in [0.25, 0.3) is 0 Å². The summed E-state index contributed by atoms with van der Waals surface area (Å²) in [5.74, 6) is 0.974. The van der Waals surface area contributed by atoms with Gasteiger partial charge >= 0.3 is 0 Å². The molecule has 0 aliphatic carbocycles. The highest BCUT2D eigenvalue weighted by atomic mass is 16.3. The molecule has 4 heteroatoms. The Morgan fingerprint density at radius 1 is 1.62 bits per heavy atom. The normalized spacial score (nSPS) is 12.0. The topological polar surface area (TPSA) is 50.1 Å². The summed E-state index contributed by atoms with van der Waals surface area (Å²) in [6.45, 7) is 4.71. The van der Waals surface area contributed by atoms with Crippen LogP contribution in [0.3, 0.4) is 0 Å². The van der Waals surface area contributed by atoms with Crippen molar-refractivity contribution in [3.63, 3.8) is 0 Å². The molecule has 74 valence electrons. The molecule has 0 aliphatic heterocycles. The largest absolute Gasteiger partial charge is 0.394 e. The number of hydrogen-bond donors (Lipinski definition) is 2. The Hall–Kier alpha value is -0.870. The third kappa shape index (κ3) is 2.82. The van der Waals surface area contributed by atoms with Crippen molar-refractivity contribution >= 4 is 0 Å². The van der Waals surface area contributed by atoms with E-state index in [1.54, 1.807) is 6.20 Å². The lowest BCUT2D eigenvalue weighted by atomic mass is 10.1. The van der Waals surface area contributed by atoms with E-state index in [0.29, 0.717) is 6.54 Å². The molecule has 1 aromatic heterocycles. The molecular formula is C9H17N3O. The van der Waals surface area contributed by atoms with Gasteiger partial charge in [-0.1, -0.05) is 0 Å². The molecule has 0 saturated carbocycles. The lowest BCUT2D eigenvalue weighted by molar-refractivity contribution is 0.186. The molecule has 1 heterocycles. The van der Waals surface area contributed by atoms with Crippen molar-refractivity contribution in [3.8, 4) is 0 Å². The zero-order valence-corrected chi connectivity index (χ0v) is 8.41. The summed E-state index contributed by atoms with van der Waals surface area (Å²) in [7, 11) is 1.95. The minimum atomic E-state index is -0.244. The van der Waals surface area contributed by atoms with E-state index in [2.05, 4.69) is 10.3 Å². The molecule has 1 aromatic rings. The molecule has 0 fully saturated rings. The molecule has 0 atom stereocenters. The van der Waals surface area contributed by atoms with Crippen molar-refractivity contribution in [2.45, 2.75) is 25.9 Å². The van der Waals surface area contributed by atoms with Gasteiger partial charge in [0.25, 0.3) is 0 Å². The van der Waals surface area contributed by atoms with Gasteiger partial charge in [0.15, 0.2) is 0 Å². The SMILES string of the molecule is Cn1ccnc1CNC(C)(C)CO. The number of nitrogens with one attached hydrogen (secondary N) is 1. The predicted molar refractivity (Wildman–Crippen MR) is 51.2 cm³/mol. The minimum absolute atomic E-state index is 0.122. The maximum absolute atomic E-state index is 9.00. The number of aliphatic hydroxyl groups is 1. The number of imidazole rings is 1. The van der Waals surface area contributed by atoms with Gasteiger partial charge in [0.1, 0.15) is 5.82 Å². The van der Waals surface area contributed by atoms with Crippen LogP contribution in [0.5, 0.6) is 0 Å². The Bertz CT molecular complexity index is 268. The van der Waals surface area contributed by atoms with Gasteiger partial charge in [0, 0.05) is 25.0 Å². The predicted octanol–water partition coefficient (Wildman–Crippen LogP) is 0.281. The molecule has 0 aromatic carbocycles. The van der Waals surface area contributed by atoms with Crippen molar-refractivity contribution in [1.82, 2.24) is 14.9 Å². The van der Waals surface area contributed by atoms with Gasteiger partial charge in [-0.2, -0.15) is 0 Å². The van der Waals surface area contributed by atoms with E-state index in [1.165, 1.54) is 0 Å². The Morgan fingerprint density at radius 3 is 2.77 bits per heavy atom. The van der Waals surface area contributed by atoms with Crippen molar-refractivity contribution < 1.29 is 5.11 Å². The van der Waals surface area contributed by atoms with Gasteiger partial charge < -0.3 is 15.0 Å². The third-order valence-electron chi connectivity index (χ3n) is 2.04. The van der Waals surface area contributed by atoms with Gasteiger partial charge in [-0.25, -0.2) is 4.98 Å². The average Bonchev–Trinajstić information content (AvgIpc) is 2.48. The Morgan fingerprint density at radius 2 is 2.31 bits per heavy atom. The number of aliphatic hydroxyl groups excluding tert-OH is 1. The monoisotopic (exact) mass is 183 g/mol. The molecule has 0 bridgehead atoms. The zero-order chi connectivity index (χ0) is 9.90. The number of aryl methyl sites for hydroxylation is 1. The van der Waals surface area contributed by atoms with E-state index in [0.717, 1.165) is 5.82 Å². The smallest absolute Gasteiger partial charge is 0.122 e. The molecule has 0 aliphatic rings. The molecule has 0 saturated heterocycles. The summed E-state index contributed by atoms with van der Waals surface area (Å²) in [6, 6.07) is 0. The summed E-state index contributed by atoms with van der Waals surface area (Å²) < 4.78 is 1.96. The molecule has 0 unspecified atom stereocenters. The number of aromatic nitrogens is 2. The fourth-order valence-electron chi connectivity index (χ4n) is 0.941. The van der Waals surface area contributed by atoms with Crippen LogP contribution in [0.4, 0.5) is 0 Å². The van der Waals surface area contributed by atoms with Gasteiger partial charge in [-0.15, -0.1) is 0 Å². The molecule has 0 spiro atoms. The van der Waals surface area contributed by atoms with Gasteiger partial charge in [0.2, 0.25) is 0 Å². The first-order chi connectivity index (χ1) is 6.05. The lowest BCUT2D eigenvalue weighted by Gasteiger charge is -2.23. The summed E-state index contributed by atoms with van der Waals surface area (Å²) in [4.78, 5) is 4.17. The van der Waals surface area contributed by atoms with Gasteiger partial charge in [0.05, 0.1) is 13.2 Å². The first kappa shape index (κ1) is 10.2.